The molecule has 1 atom stereocenters. The summed E-state index contributed by atoms with van der Waals surface area (Å²) in [5.41, 5.74) is 0.723. The standard InChI is InChI=1S/C15H17N3O4S/c1-10-11(4-2-5-13(10)18(21)22)16-15(20)17-12(7-8-19)14-6-3-9-23-14/h2-6,9,12,19H,7-8H2,1H3,(H2,16,17,20). The van der Waals surface area contributed by atoms with Gasteiger partial charge in [0.05, 0.1) is 22.2 Å². The largest absolute Gasteiger partial charge is 0.396 e. The van der Waals surface area contributed by atoms with E-state index in [0.717, 1.165) is 4.88 Å². The van der Waals surface area contributed by atoms with Gasteiger partial charge in [-0.3, -0.25) is 10.1 Å². The average Bonchev–Trinajstić information content (AvgIpc) is 3.03. The van der Waals surface area contributed by atoms with Gasteiger partial charge in [-0.2, -0.15) is 0 Å². The number of nitro groups is 1. The average molecular weight is 335 g/mol. The van der Waals surface area contributed by atoms with Crippen LogP contribution in [0.3, 0.4) is 0 Å². The Morgan fingerprint density at radius 3 is 2.78 bits per heavy atom. The van der Waals surface area contributed by atoms with E-state index in [2.05, 4.69) is 10.6 Å². The number of anilines is 1. The van der Waals surface area contributed by atoms with Crippen LogP contribution in [0.1, 0.15) is 22.9 Å². The second-order valence-corrected chi connectivity index (χ2v) is 5.86. The molecule has 3 N–H and O–H groups in total. The van der Waals surface area contributed by atoms with Crippen molar-refractivity contribution >= 4 is 28.7 Å². The molecular formula is C15H17N3O4S. The highest BCUT2D eigenvalue weighted by Crippen LogP contribution is 2.26. The first kappa shape index (κ1) is 16.9. The number of nitrogens with zero attached hydrogens (tertiary/aromatic N) is 1. The first-order chi connectivity index (χ1) is 11.0. The van der Waals surface area contributed by atoms with Gasteiger partial charge in [0.15, 0.2) is 0 Å². The summed E-state index contributed by atoms with van der Waals surface area (Å²) in [5, 5.41) is 27.4. The topological polar surface area (TPSA) is 104 Å². The second kappa shape index (κ2) is 7.70. The molecule has 0 fully saturated rings. The van der Waals surface area contributed by atoms with Gasteiger partial charge in [-0.1, -0.05) is 12.1 Å². The number of thiophene rings is 1. The van der Waals surface area contributed by atoms with Crippen LogP contribution in [0.5, 0.6) is 0 Å². The number of amides is 2. The first-order valence-electron chi connectivity index (χ1n) is 6.98. The van der Waals surface area contributed by atoms with Crippen molar-refractivity contribution in [1.29, 1.82) is 0 Å². The minimum Gasteiger partial charge on any atom is -0.396 e. The zero-order valence-electron chi connectivity index (χ0n) is 12.5. The zero-order chi connectivity index (χ0) is 16.8. The molecule has 0 aliphatic carbocycles. The van der Waals surface area contributed by atoms with Gasteiger partial charge < -0.3 is 15.7 Å². The fourth-order valence-electron chi connectivity index (χ4n) is 2.18. The van der Waals surface area contributed by atoms with Gasteiger partial charge in [0.2, 0.25) is 0 Å². The molecule has 8 heteroatoms. The Bertz CT molecular complexity index is 688. The Labute approximate surface area is 137 Å². The van der Waals surface area contributed by atoms with Gasteiger partial charge in [-0.05, 0) is 30.9 Å². The minimum atomic E-state index is -0.487. The Kier molecular flexibility index (Phi) is 5.67. The fourth-order valence-corrected chi connectivity index (χ4v) is 2.99. The Morgan fingerprint density at radius 2 is 2.17 bits per heavy atom. The predicted molar refractivity (Wildman–Crippen MR) is 88.8 cm³/mol. The molecule has 2 aromatic rings. The molecule has 0 bridgehead atoms. The summed E-state index contributed by atoms with van der Waals surface area (Å²) in [7, 11) is 0. The van der Waals surface area contributed by atoms with Crippen molar-refractivity contribution in [2.45, 2.75) is 19.4 Å². The summed E-state index contributed by atoms with van der Waals surface area (Å²) >= 11 is 1.49. The van der Waals surface area contributed by atoms with Crippen molar-refractivity contribution in [2.24, 2.45) is 0 Å². The van der Waals surface area contributed by atoms with Crippen LogP contribution in [0.15, 0.2) is 35.7 Å². The number of hydrogen-bond acceptors (Lipinski definition) is 5. The summed E-state index contributed by atoms with van der Waals surface area (Å²) in [6.07, 6.45) is 0.391. The maximum atomic E-state index is 12.2. The summed E-state index contributed by atoms with van der Waals surface area (Å²) in [5.74, 6) is 0. The van der Waals surface area contributed by atoms with E-state index in [0.29, 0.717) is 17.7 Å². The van der Waals surface area contributed by atoms with E-state index >= 15 is 0 Å². The van der Waals surface area contributed by atoms with Crippen LogP contribution < -0.4 is 10.6 Å². The highest BCUT2D eigenvalue weighted by atomic mass is 32.1. The highest BCUT2D eigenvalue weighted by Gasteiger charge is 2.18. The molecule has 1 aromatic carbocycles. The molecule has 0 radical (unpaired) electrons. The van der Waals surface area contributed by atoms with E-state index in [1.54, 1.807) is 13.0 Å². The maximum absolute atomic E-state index is 12.2. The van der Waals surface area contributed by atoms with Crippen molar-refractivity contribution in [1.82, 2.24) is 5.32 Å². The van der Waals surface area contributed by atoms with Crippen molar-refractivity contribution in [2.75, 3.05) is 11.9 Å². The van der Waals surface area contributed by atoms with Crippen molar-refractivity contribution < 1.29 is 14.8 Å². The van der Waals surface area contributed by atoms with Crippen LogP contribution >= 0.6 is 11.3 Å². The van der Waals surface area contributed by atoms with Gasteiger partial charge in [0.25, 0.3) is 5.69 Å². The van der Waals surface area contributed by atoms with E-state index < -0.39 is 11.0 Å². The van der Waals surface area contributed by atoms with Crippen LogP contribution in [-0.4, -0.2) is 22.7 Å². The molecule has 1 aromatic heterocycles. The van der Waals surface area contributed by atoms with Crippen LogP contribution in [-0.2, 0) is 0 Å². The number of rotatable bonds is 6. The van der Waals surface area contributed by atoms with Gasteiger partial charge in [0.1, 0.15) is 0 Å². The quantitative estimate of drug-likeness (QED) is 0.557. The van der Waals surface area contributed by atoms with Gasteiger partial charge >= 0.3 is 6.03 Å². The summed E-state index contributed by atoms with van der Waals surface area (Å²) in [6, 6.07) is 7.48. The van der Waals surface area contributed by atoms with Gasteiger partial charge in [-0.25, -0.2) is 4.79 Å². The van der Waals surface area contributed by atoms with Crippen LogP contribution in [0, 0.1) is 17.0 Å². The third kappa shape index (κ3) is 4.27. The molecule has 2 rings (SSSR count). The number of aliphatic hydroxyl groups excluding tert-OH is 1. The predicted octanol–water partition coefficient (Wildman–Crippen LogP) is 3.21. The number of carbonyl (C=O) groups is 1. The number of nitro benzene ring substituents is 1. The number of aliphatic hydroxyl groups is 1. The molecule has 122 valence electrons. The third-order valence-electron chi connectivity index (χ3n) is 3.36. The van der Waals surface area contributed by atoms with Gasteiger partial charge in [0, 0.05) is 17.6 Å². The maximum Gasteiger partial charge on any atom is 0.319 e. The zero-order valence-corrected chi connectivity index (χ0v) is 13.3. The summed E-state index contributed by atoms with van der Waals surface area (Å²) < 4.78 is 0. The lowest BCUT2D eigenvalue weighted by Crippen LogP contribution is -2.33. The number of benzene rings is 1. The van der Waals surface area contributed by atoms with E-state index in [-0.39, 0.29) is 18.3 Å². The molecule has 0 aliphatic rings. The van der Waals surface area contributed by atoms with Crippen LogP contribution in [0.25, 0.3) is 0 Å². The van der Waals surface area contributed by atoms with Crippen molar-refractivity contribution in [3.05, 3.63) is 56.3 Å². The second-order valence-electron chi connectivity index (χ2n) is 4.89. The molecule has 0 aliphatic heterocycles. The van der Waals surface area contributed by atoms with Crippen LogP contribution in [0.4, 0.5) is 16.2 Å². The molecule has 7 nitrogen and oxygen atoms in total. The third-order valence-corrected chi connectivity index (χ3v) is 4.35. The Balaban J connectivity index is 2.10. The fraction of sp³-hybridized carbons (Fsp3) is 0.267. The summed E-state index contributed by atoms with van der Waals surface area (Å²) in [6.45, 7) is 1.52. The summed E-state index contributed by atoms with van der Waals surface area (Å²) in [4.78, 5) is 23.5. The van der Waals surface area contributed by atoms with Crippen molar-refractivity contribution in [3.63, 3.8) is 0 Å². The SMILES string of the molecule is Cc1c(NC(=O)NC(CCO)c2cccs2)cccc1[N+](=O)[O-]. The number of urea groups is 1. The monoisotopic (exact) mass is 335 g/mol. The minimum absolute atomic E-state index is 0.0482. The van der Waals surface area contributed by atoms with E-state index in [1.165, 1.54) is 23.5 Å². The van der Waals surface area contributed by atoms with Crippen LogP contribution in [0.2, 0.25) is 0 Å². The molecule has 1 heterocycles. The molecule has 0 saturated carbocycles. The molecule has 0 spiro atoms. The lowest BCUT2D eigenvalue weighted by Gasteiger charge is -2.17. The number of carbonyl (C=O) groups excluding carboxylic acids is 1. The molecule has 1 unspecified atom stereocenters. The van der Waals surface area contributed by atoms with E-state index in [9.17, 15) is 14.9 Å². The first-order valence-corrected chi connectivity index (χ1v) is 7.86. The molecule has 23 heavy (non-hydrogen) atoms. The molecular weight excluding hydrogens is 318 g/mol. The van der Waals surface area contributed by atoms with E-state index in [1.807, 2.05) is 17.5 Å². The Hall–Kier alpha value is -2.45. The Morgan fingerprint density at radius 1 is 1.39 bits per heavy atom. The van der Waals surface area contributed by atoms with Crippen molar-refractivity contribution in [3.8, 4) is 0 Å². The number of hydrogen-bond donors (Lipinski definition) is 3. The smallest absolute Gasteiger partial charge is 0.319 e. The number of nitrogens with one attached hydrogen (secondary N) is 2. The van der Waals surface area contributed by atoms with Gasteiger partial charge in [-0.15, -0.1) is 11.3 Å². The van der Waals surface area contributed by atoms with E-state index in [4.69, 9.17) is 5.11 Å². The molecule has 2 amide bonds. The molecule has 0 saturated heterocycles. The normalized spacial score (nSPS) is 11.7. The highest BCUT2D eigenvalue weighted by molar-refractivity contribution is 7.10. The lowest BCUT2D eigenvalue weighted by atomic mass is 10.1. The lowest BCUT2D eigenvalue weighted by molar-refractivity contribution is -0.385.